The summed E-state index contributed by atoms with van der Waals surface area (Å²) < 4.78 is 0. The van der Waals surface area contributed by atoms with Crippen molar-refractivity contribution in [1.82, 2.24) is 4.98 Å². The Bertz CT molecular complexity index is 1060. The van der Waals surface area contributed by atoms with Crippen molar-refractivity contribution in [2.75, 3.05) is 0 Å². The molecule has 1 aromatic heterocycles. The van der Waals surface area contributed by atoms with Crippen LogP contribution in [-0.4, -0.2) is 10.8 Å². The van der Waals surface area contributed by atoms with Gasteiger partial charge in [-0.05, 0) is 41.5 Å². The van der Waals surface area contributed by atoms with E-state index in [1.54, 1.807) is 6.20 Å². The molecule has 112 valence electrons. The molecule has 0 unspecified atom stereocenters. The van der Waals surface area contributed by atoms with Crippen LogP contribution in [0, 0.1) is 6.92 Å². The topological polar surface area (TPSA) is 32.9 Å². The number of benzene rings is 3. The van der Waals surface area contributed by atoms with E-state index in [0.717, 1.165) is 21.7 Å². The van der Waals surface area contributed by atoms with Gasteiger partial charge in [0.2, 0.25) is 0 Å². The summed E-state index contributed by atoms with van der Waals surface area (Å²) >= 11 is 6.09. The molecule has 3 heteroatoms. The molecule has 4 rings (SSSR count). The summed E-state index contributed by atoms with van der Waals surface area (Å²) in [5.74, 6) is 0.00900. The number of carbonyl (C=O) groups excluding carboxylic acids is 1. The van der Waals surface area contributed by atoms with Crippen LogP contribution < -0.4 is 0 Å². The van der Waals surface area contributed by atoms with Crippen molar-refractivity contribution in [1.29, 1.82) is 0 Å². The van der Waals surface area contributed by atoms with E-state index in [4.69, 9.17) is 11.6 Å². The Labute approximate surface area is 138 Å². The third-order valence-corrected chi connectivity index (χ3v) is 4.51. The zero-order chi connectivity index (χ0) is 16.0. The minimum Gasteiger partial charge on any atom is -0.360 e. The number of aryl methyl sites for hydroxylation is 1. The largest absolute Gasteiger partial charge is 0.360 e. The molecule has 0 bridgehead atoms. The zero-order valence-electron chi connectivity index (χ0n) is 12.6. The van der Waals surface area contributed by atoms with E-state index in [9.17, 15) is 4.79 Å². The Hall–Kier alpha value is -2.58. The lowest BCUT2D eigenvalue weighted by atomic mass is 9.95. The quantitative estimate of drug-likeness (QED) is 0.485. The summed E-state index contributed by atoms with van der Waals surface area (Å²) in [5, 5.41) is 3.57. The van der Waals surface area contributed by atoms with Crippen molar-refractivity contribution in [3.05, 3.63) is 82.5 Å². The van der Waals surface area contributed by atoms with Gasteiger partial charge in [-0.15, -0.1) is 0 Å². The monoisotopic (exact) mass is 319 g/mol. The van der Waals surface area contributed by atoms with Crippen LogP contribution in [0.25, 0.3) is 21.7 Å². The molecule has 0 aliphatic heterocycles. The molecule has 4 aromatic rings. The second-order valence-electron chi connectivity index (χ2n) is 5.70. The third-order valence-electron chi connectivity index (χ3n) is 4.27. The summed E-state index contributed by atoms with van der Waals surface area (Å²) in [7, 11) is 0. The minimum atomic E-state index is 0.00900. The fourth-order valence-electron chi connectivity index (χ4n) is 3.09. The van der Waals surface area contributed by atoms with Crippen LogP contribution >= 0.6 is 11.6 Å². The van der Waals surface area contributed by atoms with Crippen LogP contribution in [0.15, 0.2) is 60.8 Å². The predicted octanol–water partition coefficient (Wildman–Crippen LogP) is 5.51. The molecule has 0 saturated carbocycles. The highest BCUT2D eigenvalue weighted by Crippen LogP contribution is 2.28. The molecule has 0 aliphatic carbocycles. The first-order chi connectivity index (χ1) is 11.1. The maximum Gasteiger partial charge on any atom is 0.195 e. The van der Waals surface area contributed by atoms with Gasteiger partial charge in [0.25, 0.3) is 0 Å². The van der Waals surface area contributed by atoms with Gasteiger partial charge >= 0.3 is 0 Å². The van der Waals surface area contributed by atoms with Crippen LogP contribution in [-0.2, 0) is 0 Å². The Balaban J connectivity index is 1.95. The van der Waals surface area contributed by atoms with E-state index in [1.807, 2.05) is 48.5 Å². The fraction of sp³-hybridized carbons (Fsp3) is 0.0500. The van der Waals surface area contributed by atoms with E-state index in [-0.39, 0.29) is 5.78 Å². The second kappa shape index (κ2) is 5.25. The van der Waals surface area contributed by atoms with Gasteiger partial charge in [-0.25, -0.2) is 0 Å². The van der Waals surface area contributed by atoms with Gasteiger partial charge in [0.1, 0.15) is 0 Å². The van der Waals surface area contributed by atoms with Gasteiger partial charge < -0.3 is 4.98 Å². The highest BCUT2D eigenvalue weighted by molar-refractivity contribution is 6.32. The molecule has 0 radical (unpaired) electrons. The first-order valence-electron chi connectivity index (χ1n) is 7.45. The summed E-state index contributed by atoms with van der Waals surface area (Å²) in [6, 6.07) is 17.4. The van der Waals surface area contributed by atoms with Crippen LogP contribution in [0.1, 0.15) is 21.5 Å². The molecule has 0 fully saturated rings. The van der Waals surface area contributed by atoms with E-state index in [0.29, 0.717) is 16.1 Å². The molecule has 0 amide bonds. The Morgan fingerprint density at radius 3 is 2.57 bits per heavy atom. The van der Waals surface area contributed by atoms with Gasteiger partial charge in [-0.1, -0.05) is 48.0 Å². The Kier molecular flexibility index (Phi) is 3.21. The molecule has 0 saturated heterocycles. The molecule has 2 nitrogen and oxygen atoms in total. The predicted molar refractivity (Wildman–Crippen MR) is 95.4 cm³/mol. The first kappa shape index (κ1) is 14.0. The average molecular weight is 320 g/mol. The minimum absolute atomic E-state index is 0.00900. The number of aromatic amines is 1. The number of hydrogen-bond donors (Lipinski definition) is 1. The standard InChI is InChI=1S/C20H14ClNO/c1-12-4-2-6-15-14(12)5-3-7-16(15)20(23)18-11-22-19-9-8-13(21)10-17(18)19/h2-11,22H,1H3. The number of fused-ring (bicyclic) bond motifs is 2. The summed E-state index contributed by atoms with van der Waals surface area (Å²) in [5.41, 5.74) is 3.44. The SMILES string of the molecule is Cc1cccc2c(C(=O)c3c[nH]c4ccc(Cl)cc34)cccc12. The molecule has 0 atom stereocenters. The molecule has 23 heavy (non-hydrogen) atoms. The number of H-pyrrole nitrogens is 1. The molecular weight excluding hydrogens is 306 g/mol. The van der Waals surface area contributed by atoms with Crippen LogP contribution in [0.5, 0.6) is 0 Å². The van der Waals surface area contributed by atoms with Gasteiger partial charge in [0.15, 0.2) is 5.78 Å². The van der Waals surface area contributed by atoms with Crippen molar-refractivity contribution in [3.8, 4) is 0 Å². The maximum atomic E-state index is 13.1. The molecular formula is C20H14ClNO. The highest BCUT2D eigenvalue weighted by atomic mass is 35.5. The second-order valence-corrected chi connectivity index (χ2v) is 6.13. The number of nitrogens with one attached hydrogen (secondary N) is 1. The first-order valence-corrected chi connectivity index (χ1v) is 7.82. The summed E-state index contributed by atoms with van der Waals surface area (Å²) in [6.45, 7) is 2.06. The van der Waals surface area contributed by atoms with Crippen molar-refractivity contribution >= 4 is 39.1 Å². The Morgan fingerprint density at radius 1 is 0.913 bits per heavy atom. The molecule has 0 aliphatic rings. The number of hydrogen-bond acceptors (Lipinski definition) is 1. The van der Waals surface area contributed by atoms with Gasteiger partial charge in [-0.3, -0.25) is 4.79 Å². The lowest BCUT2D eigenvalue weighted by Crippen LogP contribution is -2.01. The molecule has 1 N–H and O–H groups in total. The van der Waals surface area contributed by atoms with E-state index < -0.39 is 0 Å². The number of aromatic nitrogens is 1. The molecule has 1 heterocycles. The van der Waals surface area contributed by atoms with Crippen molar-refractivity contribution in [2.24, 2.45) is 0 Å². The van der Waals surface area contributed by atoms with E-state index in [2.05, 4.69) is 18.0 Å². The number of carbonyl (C=O) groups is 1. The van der Waals surface area contributed by atoms with Crippen molar-refractivity contribution < 1.29 is 4.79 Å². The lowest BCUT2D eigenvalue weighted by molar-refractivity contribution is 0.104. The van der Waals surface area contributed by atoms with Crippen molar-refractivity contribution in [3.63, 3.8) is 0 Å². The van der Waals surface area contributed by atoms with Crippen LogP contribution in [0.3, 0.4) is 0 Å². The maximum absolute atomic E-state index is 13.1. The van der Waals surface area contributed by atoms with E-state index in [1.165, 1.54) is 5.56 Å². The highest BCUT2D eigenvalue weighted by Gasteiger charge is 2.17. The zero-order valence-corrected chi connectivity index (χ0v) is 13.3. The smallest absolute Gasteiger partial charge is 0.195 e. The average Bonchev–Trinajstić information content (AvgIpc) is 2.97. The summed E-state index contributed by atoms with van der Waals surface area (Å²) in [6.07, 6.45) is 1.76. The number of ketones is 1. The Morgan fingerprint density at radius 2 is 1.70 bits per heavy atom. The van der Waals surface area contributed by atoms with E-state index >= 15 is 0 Å². The number of halogens is 1. The number of rotatable bonds is 2. The fourth-order valence-corrected chi connectivity index (χ4v) is 3.26. The van der Waals surface area contributed by atoms with Crippen molar-refractivity contribution in [2.45, 2.75) is 6.92 Å². The van der Waals surface area contributed by atoms with Gasteiger partial charge in [-0.2, -0.15) is 0 Å². The third kappa shape index (κ3) is 2.23. The summed E-state index contributed by atoms with van der Waals surface area (Å²) in [4.78, 5) is 16.2. The lowest BCUT2D eigenvalue weighted by Gasteiger charge is -2.07. The molecule has 0 spiro atoms. The normalized spacial score (nSPS) is 11.2. The van der Waals surface area contributed by atoms with Gasteiger partial charge in [0.05, 0.1) is 0 Å². The van der Waals surface area contributed by atoms with Crippen LogP contribution in [0.4, 0.5) is 0 Å². The van der Waals surface area contributed by atoms with Crippen LogP contribution in [0.2, 0.25) is 5.02 Å². The van der Waals surface area contributed by atoms with Gasteiger partial charge in [0, 0.05) is 33.2 Å². The molecule has 3 aromatic carbocycles.